The van der Waals surface area contributed by atoms with Gasteiger partial charge >= 0.3 is 12.0 Å². The highest BCUT2D eigenvalue weighted by Gasteiger charge is 2.16. The van der Waals surface area contributed by atoms with Gasteiger partial charge in [-0.25, -0.2) is 14.0 Å². The van der Waals surface area contributed by atoms with Gasteiger partial charge in [0.25, 0.3) is 0 Å². The Morgan fingerprint density at radius 1 is 1.45 bits per heavy atom. The first-order chi connectivity index (χ1) is 9.35. The second-order valence-electron chi connectivity index (χ2n) is 4.82. The van der Waals surface area contributed by atoms with E-state index in [2.05, 4.69) is 5.32 Å². The summed E-state index contributed by atoms with van der Waals surface area (Å²) in [7, 11) is 1.61. The van der Waals surface area contributed by atoms with E-state index in [9.17, 15) is 14.0 Å². The molecule has 0 bridgehead atoms. The van der Waals surface area contributed by atoms with Gasteiger partial charge < -0.3 is 15.3 Å². The van der Waals surface area contributed by atoms with Crippen molar-refractivity contribution in [2.24, 2.45) is 5.92 Å². The number of halogens is 1. The van der Waals surface area contributed by atoms with E-state index in [0.717, 1.165) is 24.6 Å². The number of amides is 2. The molecule has 110 valence electrons. The van der Waals surface area contributed by atoms with Crippen molar-refractivity contribution >= 4 is 17.7 Å². The molecule has 0 heterocycles. The van der Waals surface area contributed by atoms with E-state index in [-0.39, 0.29) is 11.3 Å². The van der Waals surface area contributed by atoms with Crippen LogP contribution in [0.1, 0.15) is 30.6 Å². The third-order valence-corrected chi connectivity index (χ3v) is 3.08. The summed E-state index contributed by atoms with van der Waals surface area (Å²) in [4.78, 5) is 24.4. The molecule has 0 radical (unpaired) electrons. The molecular formula is C14H19FN2O3. The van der Waals surface area contributed by atoms with E-state index in [4.69, 9.17) is 5.11 Å². The number of hydrogen-bond donors (Lipinski definition) is 2. The zero-order chi connectivity index (χ0) is 15.3. The summed E-state index contributed by atoms with van der Waals surface area (Å²) < 4.78 is 13.2. The number of anilines is 1. The maximum absolute atomic E-state index is 13.2. The molecule has 0 spiro atoms. The molecule has 6 heteroatoms. The number of nitrogens with one attached hydrogen (secondary N) is 1. The fourth-order valence-corrected chi connectivity index (χ4v) is 1.70. The Hall–Kier alpha value is -2.11. The van der Waals surface area contributed by atoms with Crippen LogP contribution in [0.25, 0.3) is 0 Å². The van der Waals surface area contributed by atoms with Gasteiger partial charge in [0.2, 0.25) is 0 Å². The van der Waals surface area contributed by atoms with E-state index < -0.39 is 17.8 Å². The molecule has 5 nitrogen and oxygen atoms in total. The predicted octanol–water partition coefficient (Wildman–Crippen LogP) is 3.03. The van der Waals surface area contributed by atoms with Crippen molar-refractivity contribution < 1.29 is 19.1 Å². The number of aromatic carboxylic acids is 1. The van der Waals surface area contributed by atoms with E-state index in [0.29, 0.717) is 12.5 Å². The standard InChI is InChI=1S/C14H19FN2O3/c1-4-9(2)8-17(3)14(20)16-12-7-10(15)5-6-11(12)13(18)19/h5-7,9H,4,8H2,1-3H3,(H,16,20)(H,18,19). The SMILES string of the molecule is CCC(C)CN(C)C(=O)Nc1cc(F)ccc1C(=O)O. The number of carboxylic acids is 1. The van der Waals surface area contributed by atoms with Crippen molar-refractivity contribution in [2.45, 2.75) is 20.3 Å². The molecule has 0 aromatic heterocycles. The molecule has 1 aromatic rings. The zero-order valence-electron chi connectivity index (χ0n) is 11.8. The summed E-state index contributed by atoms with van der Waals surface area (Å²) in [6, 6.07) is 2.71. The molecule has 1 atom stereocenters. The minimum absolute atomic E-state index is 0.0431. The summed E-state index contributed by atoms with van der Waals surface area (Å²) in [6.07, 6.45) is 0.929. The Bertz CT molecular complexity index is 505. The third kappa shape index (κ3) is 4.22. The number of benzene rings is 1. The molecule has 0 saturated carbocycles. The molecule has 0 fully saturated rings. The van der Waals surface area contributed by atoms with Crippen LogP contribution in [-0.4, -0.2) is 35.6 Å². The molecule has 0 aliphatic carbocycles. The van der Waals surface area contributed by atoms with Gasteiger partial charge in [0.05, 0.1) is 11.3 Å². The van der Waals surface area contributed by atoms with Crippen molar-refractivity contribution in [2.75, 3.05) is 18.9 Å². The minimum atomic E-state index is -1.22. The van der Waals surface area contributed by atoms with E-state index >= 15 is 0 Å². The number of carboxylic acid groups (broad SMARTS) is 1. The summed E-state index contributed by atoms with van der Waals surface area (Å²) in [6.45, 7) is 4.57. The van der Waals surface area contributed by atoms with Crippen molar-refractivity contribution in [3.63, 3.8) is 0 Å². The van der Waals surface area contributed by atoms with Crippen LogP contribution in [0.5, 0.6) is 0 Å². The normalized spacial score (nSPS) is 11.8. The van der Waals surface area contributed by atoms with Crippen molar-refractivity contribution in [3.05, 3.63) is 29.6 Å². The lowest BCUT2D eigenvalue weighted by Crippen LogP contribution is -2.35. The van der Waals surface area contributed by atoms with Crippen LogP contribution in [0, 0.1) is 11.7 Å². The maximum Gasteiger partial charge on any atom is 0.337 e. The lowest BCUT2D eigenvalue weighted by Gasteiger charge is -2.21. The largest absolute Gasteiger partial charge is 0.478 e. The molecule has 0 aliphatic heterocycles. The molecule has 1 unspecified atom stereocenters. The Labute approximate surface area is 117 Å². The molecular weight excluding hydrogens is 263 g/mol. The Balaban J connectivity index is 2.84. The van der Waals surface area contributed by atoms with Gasteiger partial charge in [0, 0.05) is 13.6 Å². The Morgan fingerprint density at radius 2 is 2.10 bits per heavy atom. The van der Waals surface area contributed by atoms with Gasteiger partial charge in [0.15, 0.2) is 0 Å². The van der Waals surface area contributed by atoms with Crippen molar-refractivity contribution in [1.82, 2.24) is 4.90 Å². The van der Waals surface area contributed by atoms with Crippen LogP contribution in [-0.2, 0) is 0 Å². The van der Waals surface area contributed by atoms with E-state index in [1.165, 1.54) is 4.90 Å². The molecule has 0 aliphatic rings. The lowest BCUT2D eigenvalue weighted by molar-refractivity contribution is 0.0698. The monoisotopic (exact) mass is 282 g/mol. The predicted molar refractivity (Wildman–Crippen MR) is 74.5 cm³/mol. The number of carbonyl (C=O) groups is 2. The maximum atomic E-state index is 13.2. The van der Waals surface area contributed by atoms with Crippen LogP contribution in [0.2, 0.25) is 0 Å². The molecule has 1 rings (SSSR count). The smallest absolute Gasteiger partial charge is 0.337 e. The van der Waals surface area contributed by atoms with E-state index in [1.807, 2.05) is 13.8 Å². The molecule has 2 N–H and O–H groups in total. The minimum Gasteiger partial charge on any atom is -0.478 e. The average Bonchev–Trinajstić information content (AvgIpc) is 2.38. The highest BCUT2D eigenvalue weighted by atomic mass is 19.1. The Morgan fingerprint density at radius 3 is 2.65 bits per heavy atom. The van der Waals surface area contributed by atoms with Crippen LogP contribution in [0.4, 0.5) is 14.9 Å². The molecule has 0 saturated heterocycles. The summed E-state index contributed by atoms with van der Waals surface area (Å²) in [5.41, 5.74) is -0.185. The second-order valence-corrected chi connectivity index (χ2v) is 4.82. The van der Waals surface area contributed by atoms with Gasteiger partial charge in [-0.05, 0) is 24.1 Å². The third-order valence-electron chi connectivity index (χ3n) is 3.08. The number of carbonyl (C=O) groups excluding carboxylic acids is 1. The fraction of sp³-hybridized carbons (Fsp3) is 0.429. The first-order valence-electron chi connectivity index (χ1n) is 6.40. The number of hydrogen-bond acceptors (Lipinski definition) is 2. The lowest BCUT2D eigenvalue weighted by atomic mass is 10.1. The summed E-state index contributed by atoms with van der Waals surface area (Å²) in [5, 5.41) is 11.4. The van der Waals surface area contributed by atoms with Crippen molar-refractivity contribution in [1.29, 1.82) is 0 Å². The zero-order valence-corrected chi connectivity index (χ0v) is 11.8. The highest BCUT2D eigenvalue weighted by Crippen LogP contribution is 2.18. The topological polar surface area (TPSA) is 69.6 Å². The fourth-order valence-electron chi connectivity index (χ4n) is 1.70. The first-order valence-corrected chi connectivity index (χ1v) is 6.40. The number of urea groups is 1. The van der Waals surface area contributed by atoms with Gasteiger partial charge in [-0.3, -0.25) is 0 Å². The Kier molecular flexibility index (Phi) is 5.49. The molecule has 20 heavy (non-hydrogen) atoms. The second kappa shape index (κ2) is 6.88. The van der Waals surface area contributed by atoms with Gasteiger partial charge in [-0.15, -0.1) is 0 Å². The average molecular weight is 282 g/mol. The van der Waals surface area contributed by atoms with Crippen LogP contribution in [0.15, 0.2) is 18.2 Å². The van der Waals surface area contributed by atoms with Gasteiger partial charge in [-0.2, -0.15) is 0 Å². The quantitative estimate of drug-likeness (QED) is 0.872. The number of rotatable bonds is 5. The first kappa shape index (κ1) is 15.9. The van der Waals surface area contributed by atoms with Crippen LogP contribution < -0.4 is 5.32 Å². The van der Waals surface area contributed by atoms with Crippen LogP contribution in [0.3, 0.4) is 0 Å². The van der Waals surface area contributed by atoms with Crippen LogP contribution >= 0.6 is 0 Å². The van der Waals surface area contributed by atoms with Gasteiger partial charge in [-0.1, -0.05) is 20.3 Å². The van der Waals surface area contributed by atoms with Crippen molar-refractivity contribution in [3.8, 4) is 0 Å². The summed E-state index contributed by atoms with van der Waals surface area (Å²) >= 11 is 0. The molecule has 1 aromatic carbocycles. The summed E-state index contributed by atoms with van der Waals surface area (Å²) in [5.74, 6) is -1.49. The van der Waals surface area contributed by atoms with Gasteiger partial charge in [0.1, 0.15) is 5.82 Å². The molecule has 2 amide bonds. The van der Waals surface area contributed by atoms with E-state index in [1.54, 1.807) is 7.05 Å². The highest BCUT2D eigenvalue weighted by molar-refractivity contribution is 5.99. The number of nitrogens with zero attached hydrogens (tertiary/aromatic N) is 1.